The van der Waals surface area contributed by atoms with Crippen LogP contribution in [0.4, 0.5) is 5.82 Å². The van der Waals surface area contributed by atoms with E-state index in [2.05, 4.69) is 29.2 Å². The molecule has 3 N–H and O–H groups in total. The summed E-state index contributed by atoms with van der Waals surface area (Å²) in [6.45, 7) is 6.40. The third-order valence-electron chi connectivity index (χ3n) is 3.39. The zero-order chi connectivity index (χ0) is 13.1. The Morgan fingerprint density at radius 1 is 1.22 bits per heavy atom. The van der Waals surface area contributed by atoms with Crippen molar-refractivity contribution in [3.05, 3.63) is 11.9 Å². The zero-order valence-corrected chi connectivity index (χ0v) is 11.3. The quantitative estimate of drug-likeness (QED) is 0.636. The minimum atomic E-state index is 0.253. The Bertz CT molecular complexity index is 400. The molecular weight excluding hydrogens is 228 g/mol. The molecule has 1 heterocycles. The van der Waals surface area contributed by atoms with Crippen molar-refractivity contribution >= 4 is 5.82 Å². The highest BCUT2D eigenvalue weighted by Gasteiger charge is 2.25. The van der Waals surface area contributed by atoms with E-state index in [4.69, 9.17) is 10.6 Å². The van der Waals surface area contributed by atoms with E-state index in [1.54, 1.807) is 6.07 Å². The fourth-order valence-corrected chi connectivity index (χ4v) is 2.81. The fraction of sp³-hybridized carbons (Fsp3) is 0.692. The van der Waals surface area contributed by atoms with Crippen molar-refractivity contribution < 1.29 is 4.74 Å². The fourth-order valence-electron chi connectivity index (χ4n) is 2.81. The van der Waals surface area contributed by atoms with Gasteiger partial charge in [0.25, 0.3) is 0 Å². The predicted molar refractivity (Wildman–Crippen MR) is 71.2 cm³/mol. The second kappa shape index (κ2) is 5.52. The highest BCUT2D eigenvalue weighted by atomic mass is 16.5. The predicted octanol–water partition coefficient (Wildman–Crippen LogP) is 2.27. The summed E-state index contributed by atoms with van der Waals surface area (Å²) in [6.07, 6.45) is 3.74. The number of nitrogens with two attached hydrogens (primary N) is 1. The minimum absolute atomic E-state index is 0.253. The average molecular weight is 250 g/mol. The molecule has 1 fully saturated rings. The van der Waals surface area contributed by atoms with Crippen LogP contribution in [0.1, 0.15) is 38.9 Å². The van der Waals surface area contributed by atoms with Gasteiger partial charge in [-0.3, -0.25) is 0 Å². The van der Waals surface area contributed by atoms with Crippen molar-refractivity contribution in [2.75, 3.05) is 5.43 Å². The van der Waals surface area contributed by atoms with E-state index < -0.39 is 0 Å². The Balaban J connectivity index is 2.06. The monoisotopic (exact) mass is 250 g/mol. The van der Waals surface area contributed by atoms with E-state index in [1.807, 2.05) is 6.92 Å². The van der Waals surface area contributed by atoms with Crippen molar-refractivity contribution in [2.24, 2.45) is 17.7 Å². The molecule has 1 aliphatic rings. The number of nitrogens with one attached hydrogen (secondary N) is 1. The molecule has 0 amide bonds. The van der Waals surface area contributed by atoms with Gasteiger partial charge < -0.3 is 10.2 Å². The van der Waals surface area contributed by atoms with Crippen LogP contribution in [0.15, 0.2) is 6.07 Å². The van der Waals surface area contributed by atoms with Crippen LogP contribution in [-0.4, -0.2) is 16.1 Å². The lowest BCUT2D eigenvalue weighted by Crippen LogP contribution is -2.29. The Morgan fingerprint density at radius 3 is 2.50 bits per heavy atom. The summed E-state index contributed by atoms with van der Waals surface area (Å²) in [5, 5.41) is 0. The standard InChI is InChI=1S/C13H22N4O/c1-8-4-9(2)6-11(5-8)18-13-7-12(17-14)15-10(3)16-13/h7-9,11H,4-6,14H2,1-3H3,(H,15,16,17). The van der Waals surface area contributed by atoms with E-state index in [9.17, 15) is 0 Å². The number of nitrogens with zero attached hydrogens (tertiary/aromatic N) is 2. The minimum Gasteiger partial charge on any atom is -0.474 e. The van der Waals surface area contributed by atoms with Gasteiger partial charge in [0.1, 0.15) is 17.7 Å². The van der Waals surface area contributed by atoms with Crippen LogP contribution in [0.3, 0.4) is 0 Å². The van der Waals surface area contributed by atoms with Crippen LogP contribution in [-0.2, 0) is 0 Å². The summed E-state index contributed by atoms with van der Waals surface area (Å²) >= 11 is 0. The molecule has 0 bridgehead atoms. The summed E-state index contributed by atoms with van der Waals surface area (Å²) < 4.78 is 5.97. The number of hydrogen-bond acceptors (Lipinski definition) is 5. The molecule has 0 aromatic carbocycles. The Morgan fingerprint density at radius 2 is 1.89 bits per heavy atom. The normalized spacial score (nSPS) is 27.9. The SMILES string of the molecule is Cc1nc(NN)cc(OC2CC(C)CC(C)C2)n1. The molecule has 0 aliphatic heterocycles. The van der Waals surface area contributed by atoms with Gasteiger partial charge in [-0.05, 0) is 38.0 Å². The number of rotatable bonds is 3. The lowest BCUT2D eigenvalue weighted by molar-refractivity contribution is 0.0965. The largest absolute Gasteiger partial charge is 0.474 e. The Labute approximate surface area is 108 Å². The molecule has 2 atom stereocenters. The molecule has 0 radical (unpaired) electrons. The highest BCUT2D eigenvalue weighted by molar-refractivity contribution is 5.36. The average Bonchev–Trinajstić information content (AvgIpc) is 2.26. The molecule has 1 saturated carbocycles. The topological polar surface area (TPSA) is 73.1 Å². The molecule has 1 aromatic heterocycles. The smallest absolute Gasteiger partial charge is 0.219 e. The van der Waals surface area contributed by atoms with Crippen LogP contribution in [0.25, 0.3) is 0 Å². The summed E-state index contributed by atoms with van der Waals surface area (Å²) in [7, 11) is 0. The first-order chi connectivity index (χ1) is 8.56. The molecule has 100 valence electrons. The van der Waals surface area contributed by atoms with E-state index in [0.717, 1.165) is 12.8 Å². The van der Waals surface area contributed by atoms with Crippen LogP contribution in [0.5, 0.6) is 5.88 Å². The maximum atomic E-state index is 5.97. The van der Waals surface area contributed by atoms with Crippen LogP contribution < -0.4 is 16.0 Å². The first-order valence-corrected chi connectivity index (χ1v) is 6.55. The molecule has 1 aromatic rings. The van der Waals surface area contributed by atoms with Crippen LogP contribution in [0, 0.1) is 18.8 Å². The second-order valence-electron chi connectivity index (χ2n) is 5.44. The first kappa shape index (κ1) is 13.1. The summed E-state index contributed by atoms with van der Waals surface area (Å²) in [5.41, 5.74) is 2.53. The highest BCUT2D eigenvalue weighted by Crippen LogP contribution is 2.31. The molecule has 2 unspecified atom stereocenters. The number of anilines is 1. The Kier molecular flexibility index (Phi) is 4.01. The Hall–Kier alpha value is -1.36. The third kappa shape index (κ3) is 3.32. The number of aryl methyl sites for hydroxylation is 1. The van der Waals surface area contributed by atoms with E-state index in [1.165, 1.54) is 6.42 Å². The third-order valence-corrected chi connectivity index (χ3v) is 3.39. The number of ether oxygens (including phenoxy) is 1. The van der Waals surface area contributed by atoms with Gasteiger partial charge in [-0.25, -0.2) is 10.8 Å². The summed E-state index contributed by atoms with van der Waals surface area (Å²) in [4.78, 5) is 8.45. The van der Waals surface area contributed by atoms with Crippen LogP contribution in [0.2, 0.25) is 0 Å². The van der Waals surface area contributed by atoms with Gasteiger partial charge in [-0.15, -0.1) is 0 Å². The van der Waals surface area contributed by atoms with E-state index >= 15 is 0 Å². The molecule has 5 nitrogen and oxygen atoms in total. The van der Waals surface area contributed by atoms with Gasteiger partial charge >= 0.3 is 0 Å². The number of hydrazine groups is 1. The molecule has 5 heteroatoms. The maximum absolute atomic E-state index is 5.97. The number of hydrogen-bond donors (Lipinski definition) is 2. The van der Waals surface area contributed by atoms with Crippen molar-refractivity contribution in [1.82, 2.24) is 9.97 Å². The molecule has 2 rings (SSSR count). The molecule has 0 saturated heterocycles. The van der Waals surface area contributed by atoms with Crippen molar-refractivity contribution in [3.8, 4) is 5.88 Å². The molecular formula is C13H22N4O. The van der Waals surface area contributed by atoms with E-state index in [0.29, 0.717) is 29.4 Å². The molecule has 0 spiro atoms. The van der Waals surface area contributed by atoms with Gasteiger partial charge in [0, 0.05) is 6.07 Å². The second-order valence-corrected chi connectivity index (χ2v) is 5.44. The van der Waals surface area contributed by atoms with Gasteiger partial charge in [-0.1, -0.05) is 13.8 Å². The first-order valence-electron chi connectivity index (χ1n) is 6.55. The van der Waals surface area contributed by atoms with Crippen molar-refractivity contribution in [2.45, 2.75) is 46.1 Å². The molecule has 18 heavy (non-hydrogen) atoms. The zero-order valence-electron chi connectivity index (χ0n) is 11.3. The van der Waals surface area contributed by atoms with Gasteiger partial charge in [0.05, 0.1) is 0 Å². The van der Waals surface area contributed by atoms with Gasteiger partial charge in [-0.2, -0.15) is 4.98 Å². The van der Waals surface area contributed by atoms with Crippen molar-refractivity contribution in [3.63, 3.8) is 0 Å². The maximum Gasteiger partial charge on any atom is 0.219 e. The lowest BCUT2D eigenvalue weighted by Gasteiger charge is -2.31. The lowest BCUT2D eigenvalue weighted by atomic mass is 9.82. The number of aromatic nitrogens is 2. The van der Waals surface area contributed by atoms with Crippen molar-refractivity contribution in [1.29, 1.82) is 0 Å². The van der Waals surface area contributed by atoms with Gasteiger partial charge in [0.15, 0.2) is 0 Å². The van der Waals surface area contributed by atoms with Crippen LogP contribution >= 0.6 is 0 Å². The van der Waals surface area contributed by atoms with Gasteiger partial charge in [0.2, 0.25) is 5.88 Å². The van der Waals surface area contributed by atoms with E-state index in [-0.39, 0.29) is 6.10 Å². The summed E-state index contributed by atoms with van der Waals surface area (Å²) in [5.74, 6) is 8.67. The summed E-state index contributed by atoms with van der Waals surface area (Å²) in [6, 6.07) is 1.75. The molecule has 1 aliphatic carbocycles. The number of nitrogen functional groups attached to an aromatic ring is 1.